The fourth-order valence-corrected chi connectivity index (χ4v) is 4.26. The van der Waals surface area contributed by atoms with Crippen LogP contribution in [0.4, 0.5) is 11.4 Å². The number of benzene rings is 2. The maximum Gasteiger partial charge on any atom is 0.313 e. The quantitative estimate of drug-likeness (QED) is 0.489. The minimum Gasteiger partial charge on any atom is -0.492 e. The van der Waals surface area contributed by atoms with Gasteiger partial charge in [0.2, 0.25) is 0 Å². The second-order valence-electron chi connectivity index (χ2n) is 8.25. The molecule has 2 aromatic carbocycles. The van der Waals surface area contributed by atoms with E-state index in [1.54, 1.807) is 24.4 Å². The average molecular weight is 474 g/mol. The third-order valence-corrected chi connectivity index (χ3v) is 6.04. The molecule has 1 aliphatic heterocycles. The summed E-state index contributed by atoms with van der Waals surface area (Å²) in [5.41, 5.74) is 2.68. The molecule has 3 aromatic rings. The molecule has 1 saturated heterocycles. The smallest absolute Gasteiger partial charge is 0.313 e. The predicted octanol–water partition coefficient (Wildman–Crippen LogP) is 3.10. The number of nitrogens with one attached hydrogen (secondary N) is 2. The average Bonchev–Trinajstić information content (AvgIpc) is 2.91. The number of pyridine rings is 1. The summed E-state index contributed by atoms with van der Waals surface area (Å²) in [7, 11) is 0. The fraction of sp³-hybridized carbons (Fsp3) is 0.296. The van der Waals surface area contributed by atoms with Gasteiger partial charge < -0.3 is 20.3 Å². The largest absolute Gasteiger partial charge is 0.492 e. The molecule has 8 heteroatoms. The maximum atomic E-state index is 12.7. The lowest BCUT2D eigenvalue weighted by Gasteiger charge is -2.40. The zero-order valence-electron chi connectivity index (χ0n) is 19.9. The number of ether oxygens (including phenoxy) is 1. The molecule has 0 radical (unpaired) electrons. The van der Waals surface area contributed by atoms with Gasteiger partial charge in [0.05, 0.1) is 18.3 Å². The Morgan fingerprint density at radius 2 is 1.69 bits per heavy atom. The van der Waals surface area contributed by atoms with Gasteiger partial charge in [-0.1, -0.05) is 36.4 Å². The first kappa shape index (κ1) is 24.2. The molecular formula is C27H31N5O3. The minimum atomic E-state index is -0.726. The Hall–Kier alpha value is -3.91. The third-order valence-electron chi connectivity index (χ3n) is 6.04. The first-order valence-electron chi connectivity index (χ1n) is 11.9. The Morgan fingerprint density at radius 1 is 0.943 bits per heavy atom. The molecule has 182 valence electrons. The molecule has 2 amide bonds. The van der Waals surface area contributed by atoms with E-state index in [4.69, 9.17) is 4.74 Å². The Labute approximate surface area is 205 Å². The molecular weight excluding hydrogens is 442 g/mol. The van der Waals surface area contributed by atoms with E-state index >= 15 is 0 Å². The maximum absolute atomic E-state index is 12.7. The molecule has 2 N–H and O–H groups in total. The number of nitrogens with zero attached hydrogens (tertiary/aromatic N) is 3. The van der Waals surface area contributed by atoms with Crippen molar-refractivity contribution in [3.05, 3.63) is 84.7 Å². The molecule has 0 spiro atoms. The summed E-state index contributed by atoms with van der Waals surface area (Å²) in [4.78, 5) is 34.2. The topological polar surface area (TPSA) is 86.8 Å². The number of hydrogen-bond acceptors (Lipinski definition) is 6. The van der Waals surface area contributed by atoms with Gasteiger partial charge in [-0.15, -0.1) is 0 Å². The van der Waals surface area contributed by atoms with Crippen LogP contribution < -0.4 is 20.3 Å². The Morgan fingerprint density at radius 3 is 2.40 bits per heavy atom. The summed E-state index contributed by atoms with van der Waals surface area (Å²) in [6, 6.07) is 21.2. The van der Waals surface area contributed by atoms with E-state index in [0.717, 1.165) is 31.7 Å². The molecule has 0 unspecified atom stereocenters. The van der Waals surface area contributed by atoms with E-state index in [-0.39, 0.29) is 6.04 Å². The number of carbonyl (C=O) groups excluding carboxylic acids is 2. The second-order valence-corrected chi connectivity index (χ2v) is 8.25. The van der Waals surface area contributed by atoms with E-state index in [1.165, 1.54) is 5.69 Å². The van der Waals surface area contributed by atoms with Gasteiger partial charge >= 0.3 is 11.8 Å². The number of anilines is 2. The molecule has 4 rings (SSSR count). The van der Waals surface area contributed by atoms with Crippen molar-refractivity contribution in [3.63, 3.8) is 0 Å². The van der Waals surface area contributed by atoms with Crippen LogP contribution in [0.15, 0.2) is 79.1 Å². The van der Waals surface area contributed by atoms with Crippen molar-refractivity contribution in [2.45, 2.75) is 13.0 Å². The fourth-order valence-electron chi connectivity index (χ4n) is 4.26. The molecule has 1 aromatic heterocycles. The van der Waals surface area contributed by atoms with Gasteiger partial charge in [-0.25, -0.2) is 0 Å². The number of carbonyl (C=O) groups is 2. The van der Waals surface area contributed by atoms with Crippen molar-refractivity contribution in [3.8, 4) is 5.75 Å². The standard InChI is InChI=1S/C27H31N5O3/c1-2-35-25-13-7-6-12-23(25)30-27(34)26(33)29-20-24(21-9-8-14-28-19-21)32-17-15-31(16-18-32)22-10-4-3-5-11-22/h3-14,19,24H,2,15-18,20H2,1H3,(H,29,33)(H,30,34)/t24-/m0/s1. The summed E-state index contributed by atoms with van der Waals surface area (Å²) in [5, 5.41) is 5.47. The summed E-state index contributed by atoms with van der Waals surface area (Å²) >= 11 is 0. The number of para-hydroxylation sites is 3. The Balaban J connectivity index is 1.39. The third kappa shape index (κ3) is 6.36. The highest BCUT2D eigenvalue weighted by Crippen LogP contribution is 2.25. The van der Waals surface area contributed by atoms with Crippen molar-refractivity contribution < 1.29 is 14.3 Å². The van der Waals surface area contributed by atoms with E-state index in [9.17, 15) is 9.59 Å². The molecule has 1 aliphatic rings. The molecule has 2 heterocycles. The molecule has 8 nitrogen and oxygen atoms in total. The van der Waals surface area contributed by atoms with Crippen LogP contribution in [0.5, 0.6) is 5.75 Å². The van der Waals surface area contributed by atoms with Crippen LogP contribution in [0.25, 0.3) is 0 Å². The van der Waals surface area contributed by atoms with Crippen LogP contribution >= 0.6 is 0 Å². The molecule has 35 heavy (non-hydrogen) atoms. The summed E-state index contributed by atoms with van der Waals surface area (Å²) in [6.07, 6.45) is 3.55. The zero-order valence-corrected chi connectivity index (χ0v) is 19.9. The predicted molar refractivity (Wildman–Crippen MR) is 136 cm³/mol. The van der Waals surface area contributed by atoms with E-state index < -0.39 is 11.8 Å². The number of rotatable bonds is 8. The summed E-state index contributed by atoms with van der Waals surface area (Å²) in [6.45, 7) is 6.05. The van der Waals surface area contributed by atoms with Crippen LogP contribution in [0, 0.1) is 0 Å². The van der Waals surface area contributed by atoms with Crippen LogP contribution in [-0.4, -0.2) is 61.0 Å². The molecule has 1 atom stereocenters. The van der Waals surface area contributed by atoms with Crippen LogP contribution in [0.2, 0.25) is 0 Å². The lowest BCUT2D eigenvalue weighted by molar-refractivity contribution is -0.136. The lowest BCUT2D eigenvalue weighted by atomic mass is 10.1. The monoisotopic (exact) mass is 473 g/mol. The lowest BCUT2D eigenvalue weighted by Crippen LogP contribution is -2.50. The Bertz CT molecular complexity index is 1100. The van der Waals surface area contributed by atoms with Crippen molar-refractivity contribution in [2.75, 3.05) is 49.5 Å². The first-order chi connectivity index (χ1) is 17.2. The van der Waals surface area contributed by atoms with Gasteiger partial charge in [-0.3, -0.25) is 19.5 Å². The molecule has 0 aliphatic carbocycles. The molecule has 1 fully saturated rings. The normalized spacial score (nSPS) is 14.7. The minimum absolute atomic E-state index is 0.0888. The number of hydrogen-bond donors (Lipinski definition) is 2. The number of piperazine rings is 1. The van der Waals surface area contributed by atoms with Gasteiger partial charge in [0, 0.05) is 50.8 Å². The van der Waals surface area contributed by atoms with E-state index in [2.05, 4.69) is 37.6 Å². The SMILES string of the molecule is CCOc1ccccc1NC(=O)C(=O)NC[C@@H](c1cccnc1)N1CCN(c2ccccc2)CC1. The van der Waals surface area contributed by atoms with E-state index in [1.807, 2.05) is 49.5 Å². The number of aromatic nitrogens is 1. The highest BCUT2D eigenvalue weighted by molar-refractivity contribution is 6.39. The van der Waals surface area contributed by atoms with Crippen molar-refractivity contribution in [1.82, 2.24) is 15.2 Å². The van der Waals surface area contributed by atoms with Crippen LogP contribution in [0.1, 0.15) is 18.5 Å². The summed E-state index contributed by atoms with van der Waals surface area (Å²) in [5.74, 6) is -0.884. The van der Waals surface area contributed by atoms with Crippen LogP contribution in [-0.2, 0) is 9.59 Å². The van der Waals surface area contributed by atoms with E-state index in [0.29, 0.717) is 24.6 Å². The second kappa shape index (κ2) is 12.0. The van der Waals surface area contributed by atoms with Crippen LogP contribution in [0.3, 0.4) is 0 Å². The highest BCUT2D eigenvalue weighted by atomic mass is 16.5. The van der Waals surface area contributed by atoms with Gasteiger partial charge in [0.25, 0.3) is 0 Å². The van der Waals surface area contributed by atoms with Crippen molar-refractivity contribution in [2.24, 2.45) is 0 Å². The van der Waals surface area contributed by atoms with Crippen molar-refractivity contribution in [1.29, 1.82) is 0 Å². The zero-order chi connectivity index (χ0) is 24.5. The molecule has 0 saturated carbocycles. The summed E-state index contributed by atoms with van der Waals surface area (Å²) < 4.78 is 5.53. The van der Waals surface area contributed by atoms with Crippen molar-refractivity contribution >= 4 is 23.2 Å². The van der Waals surface area contributed by atoms with Gasteiger partial charge in [0.1, 0.15) is 5.75 Å². The highest BCUT2D eigenvalue weighted by Gasteiger charge is 2.27. The number of amides is 2. The van der Waals surface area contributed by atoms with Gasteiger partial charge in [-0.05, 0) is 42.8 Å². The first-order valence-corrected chi connectivity index (χ1v) is 11.9. The molecule has 0 bridgehead atoms. The van der Waals surface area contributed by atoms with Gasteiger partial charge in [0.15, 0.2) is 0 Å². The van der Waals surface area contributed by atoms with Gasteiger partial charge in [-0.2, -0.15) is 0 Å². The Kier molecular flexibility index (Phi) is 8.30.